The molecule has 3 heterocycles. The van der Waals surface area contributed by atoms with E-state index in [2.05, 4.69) is 20.7 Å². The summed E-state index contributed by atoms with van der Waals surface area (Å²) in [5, 5.41) is 19.5. The van der Waals surface area contributed by atoms with E-state index in [0.717, 1.165) is 22.3 Å². The Morgan fingerprint density at radius 2 is 1.98 bits per heavy atom. The molecule has 2 aliphatic rings. The summed E-state index contributed by atoms with van der Waals surface area (Å²) < 4.78 is 6.80. The van der Waals surface area contributed by atoms with Crippen LogP contribution in [-0.4, -0.2) is 49.9 Å². The van der Waals surface area contributed by atoms with Crippen molar-refractivity contribution < 1.29 is 29.0 Å². The fourth-order valence-electron chi connectivity index (χ4n) is 5.40. The number of amides is 2. The SMILES string of the molecule is Cc1c(C(=O)O)ccc2c1CC[C@@H]2NC(=O)c1cc(C(=O)NCc2ccc3c(c2)CC(=O)CO3)nc2ccnn12. The molecular weight excluding hydrogens is 514 g/mol. The molecule has 0 radical (unpaired) electrons. The number of carboxylic acid groups (broad SMARTS) is 1. The molecule has 4 aromatic rings. The second-order valence-corrected chi connectivity index (χ2v) is 9.93. The maximum Gasteiger partial charge on any atom is 0.335 e. The maximum absolute atomic E-state index is 13.4. The van der Waals surface area contributed by atoms with Crippen molar-refractivity contribution in [3.05, 3.63) is 93.4 Å². The molecule has 0 fully saturated rings. The average molecular weight is 540 g/mol. The Balaban J connectivity index is 1.21. The third kappa shape index (κ3) is 4.55. The second-order valence-electron chi connectivity index (χ2n) is 9.93. The zero-order valence-corrected chi connectivity index (χ0v) is 21.6. The summed E-state index contributed by atoms with van der Waals surface area (Å²) in [7, 11) is 0. The topological polar surface area (TPSA) is 152 Å². The van der Waals surface area contributed by atoms with E-state index < -0.39 is 17.8 Å². The molecule has 1 aliphatic heterocycles. The van der Waals surface area contributed by atoms with Crippen LogP contribution in [0.15, 0.2) is 48.7 Å². The van der Waals surface area contributed by atoms with Gasteiger partial charge in [-0.15, -0.1) is 0 Å². The monoisotopic (exact) mass is 539 g/mol. The van der Waals surface area contributed by atoms with Gasteiger partial charge >= 0.3 is 5.97 Å². The molecule has 0 spiro atoms. The van der Waals surface area contributed by atoms with Gasteiger partial charge in [0, 0.05) is 30.7 Å². The van der Waals surface area contributed by atoms with Crippen molar-refractivity contribution >= 4 is 29.2 Å². The summed E-state index contributed by atoms with van der Waals surface area (Å²) >= 11 is 0. The van der Waals surface area contributed by atoms with E-state index in [4.69, 9.17) is 4.74 Å². The number of hydrogen-bond donors (Lipinski definition) is 3. The summed E-state index contributed by atoms with van der Waals surface area (Å²) in [4.78, 5) is 54.1. The first-order valence-corrected chi connectivity index (χ1v) is 12.8. The molecule has 2 aromatic heterocycles. The molecule has 3 N–H and O–H groups in total. The quantitative estimate of drug-likeness (QED) is 0.338. The van der Waals surface area contributed by atoms with Crippen molar-refractivity contribution in [2.45, 2.75) is 38.8 Å². The van der Waals surface area contributed by atoms with Crippen LogP contribution in [0.5, 0.6) is 5.75 Å². The molecule has 40 heavy (non-hydrogen) atoms. The zero-order chi connectivity index (χ0) is 28.0. The molecule has 11 heteroatoms. The van der Waals surface area contributed by atoms with E-state index in [9.17, 15) is 24.3 Å². The molecule has 2 amide bonds. The van der Waals surface area contributed by atoms with E-state index >= 15 is 0 Å². The highest BCUT2D eigenvalue weighted by atomic mass is 16.5. The molecule has 11 nitrogen and oxygen atoms in total. The lowest BCUT2D eigenvalue weighted by atomic mass is 9.98. The van der Waals surface area contributed by atoms with Crippen molar-refractivity contribution in [1.82, 2.24) is 25.2 Å². The van der Waals surface area contributed by atoms with Crippen LogP contribution in [0.2, 0.25) is 0 Å². The Kier molecular flexibility index (Phi) is 6.25. The maximum atomic E-state index is 13.4. The Morgan fingerprint density at radius 3 is 2.80 bits per heavy atom. The molecule has 1 atom stereocenters. The van der Waals surface area contributed by atoms with E-state index in [0.29, 0.717) is 36.2 Å². The third-order valence-corrected chi connectivity index (χ3v) is 7.41. The number of aromatic nitrogens is 3. The molecule has 0 bridgehead atoms. The molecule has 2 aromatic carbocycles. The smallest absolute Gasteiger partial charge is 0.335 e. The number of fused-ring (bicyclic) bond motifs is 3. The highest BCUT2D eigenvalue weighted by molar-refractivity contribution is 5.98. The Hall–Kier alpha value is -5.06. The number of nitrogens with one attached hydrogen (secondary N) is 2. The van der Waals surface area contributed by atoms with Gasteiger partial charge in [-0.25, -0.2) is 14.3 Å². The van der Waals surface area contributed by atoms with Gasteiger partial charge in [-0.3, -0.25) is 14.4 Å². The van der Waals surface area contributed by atoms with Crippen LogP contribution in [0, 0.1) is 6.92 Å². The number of hydrogen-bond acceptors (Lipinski definition) is 7. The Bertz CT molecular complexity index is 1730. The largest absolute Gasteiger partial charge is 0.486 e. The summed E-state index contributed by atoms with van der Waals surface area (Å²) in [5.41, 5.74) is 4.91. The van der Waals surface area contributed by atoms with Gasteiger partial charge in [0.15, 0.2) is 11.4 Å². The highest BCUT2D eigenvalue weighted by Gasteiger charge is 2.29. The standard InChI is InChI=1S/C29H25N5O6/c1-15-19-5-6-22(21(19)4-3-20(15)29(38)39)33-28(37)24-12-23(32-26-8-9-31-34(24)26)27(36)30-13-16-2-7-25-17(10-16)11-18(35)14-40-25/h2-4,7-10,12,22H,5-6,11,13-14H2,1H3,(H,30,36)(H,33,37)(H,38,39)/t22-/m0/s1. The lowest BCUT2D eigenvalue weighted by molar-refractivity contribution is -0.121. The number of aromatic carboxylic acids is 1. The normalized spacial score (nSPS) is 15.7. The van der Waals surface area contributed by atoms with Crippen molar-refractivity contribution in [3.8, 4) is 5.75 Å². The van der Waals surface area contributed by atoms with E-state index in [1.807, 2.05) is 12.1 Å². The summed E-state index contributed by atoms with van der Waals surface area (Å²) in [6.45, 7) is 2.05. The minimum Gasteiger partial charge on any atom is -0.486 e. The van der Waals surface area contributed by atoms with Gasteiger partial charge in [-0.1, -0.05) is 12.1 Å². The van der Waals surface area contributed by atoms with Gasteiger partial charge in [-0.2, -0.15) is 5.10 Å². The minimum absolute atomic E-state index is 0.000890. The third-order valence-electron chi connectivity index (χ3n) is 7.41. The van der Waals surface area contributed by atoms with Crippen molar-refractivity contribution in [1.29, 1.82) is 0 Å². The second kappa shape index (κ2) is 9.92. The van der Waals surface area contributed by atoms with Crippen LogP contribution in [0.1, 0.15) is 71.6 Å². The predicted molar refractivity (Wildman–Crippen MR) is 141 cm³/mol. The summed E-state index contributed by atoms with van der Waals surface area (Å²) in [5.74, 6) is -1.21. The fourth-order valence-corrected chi connectivity index (χ4v) is 5.40. The number of Topliss-reactive ketones (excluding diaryl/α,β-unsaturated/α-hetero) is 1. The molecular formula is C29H25N5O6. The van der Waals surface area contributed by atoms with Gasteiger partial charge in [0.25, 0.3) is 11.8 Å². The van der Waals surface area contributed by atoms with Crippen LogP contribution in [0.3, 0.4) is 0 Å². The molecule has 202 valence electrons. The number of ether oxygens (including phenoxy) is 1. The average Bonchev–Trinajstić information content (AvgIpc) is 3.58. The molecule has 0 unspecified atom stereocenters. The predicted octanol–water partition coefficient (Wildman–Crippen LogP) is 2.59. The number of nitrogens with zero attached hydrogens (tertiary/aromatic N) is 3. The Morgan fingerprint density at radius 1 is 1.12 bits per heavy atom. The van der Waals surface area contributed by atoms with Crippen LogP contribution in [0.25, 0.3) is 5.65 Å². The highest BCUT2D eigenvalue weighted by Crippen LogP contribution is 2.35. The lowest BCUT2D eigenvalue weighted by Gasteiger charge is -2.17. The number of carboxylic acids is 1. The number of carbonyl (C=O) groups is 4. The number of ketones is 1. The van der Waals surface area contributed by atoms with Crippen LogP contribution in [0.4, 0.5) is 0 Å². The van der Waals surface area contributed by atoms with Gasteiger partial charge in [-0.05, 0) is 60.2 Å². The molecule has 0 saturated carbocycles. The van der Waals surface area contributed by atoms with Crippen molar-refractivity contribution in [2.75, 3.05) is 6.61 Å². The van der Waals surface area contributed by atoms with Gasteiger partial charge < -0.3 is 20.5 Å². The first-order chi connectivity index (χ1) is 19.3. The molecule has 6 rings (SSSR count). The number of benzene rings is 2. The first-order valence-electron chi connectivity index (χ1n) is 12.8. The van der Waals surface area contributed by atoms with E-state index in [1.54, 1.807) is 31.2 Å². The van der Waals surface area contributed by atoms with E-state index in [-0.39, 0.29) is 41.9 Å². The van der Waals surface area contributed by atoms with Crippen LogP contribution >= 0.6 is 0 Å². The van der Waals surface area contributed by atoms with E-state index in [1.165, 1.54) is 16.8 Å². The van der Waals surface area contributed by atoms with Crippen LogP contribution < -0.4 is 15.4 Å². The minimum atomic E-state index is -0.979. The van der Waals surface area contributed by atoms with Gasteiger partial charge in [0.2, 0.25) is 0 Å². The zero-order valence-electron chi connectivity index (χ0n) is 21.6. The number of carbonyl (C=O) groups excluding carboxylic acids is 3. The van der Waals surface area contributed by atoms with Gasteiger partial charge in [0.1, 0.15) is 23.7 Å². The first kappa shape index (κ1) is 25.2. The van der Waals surface area contributed by atoms with Gasteiger partial charge in [0.05, 0.1) is 17.8 Å². The summed E-state index contributed by atoms with van der Waals surface area (Å²) in [6, 6.07) is 11.5. The fraction of sp³-hybridized carbons (Fsp3) is 0.241. The number of rotatable bonds is 6. The van der Waals surface area contributed by atoms with Crippen molar-refractivity contribution in [2.24, 2.45) is 0 Å². The molecule has 1 aliphatic carbocycles. The Labute approximate surface area is 228 Å². The summed E-state index contributed by atoms with van der Waals surface area (Å²) in [6.07, 6.45) is 3.07. The molecule has 0 saturated heterocycles. The van der Waals surface area contributed by atoms with Crippen LogP contribution in [-0.2, 0) is 24.2 Å². The van der Waals surface area contributed by atoms with Crippen molar-refractivity contribution in [3.63, 3.8) is 0 Å². The lowest BCUT2D eigenvalue weighted by Crippen LogP contribution is -2.30.